The van der Waals surface area contributed by atoms with Crippen molar-refractivity contribution in [3.8, 4) is 5.69 Å². The van der Waals surface area contributed by atoms with E-state index in [4.69, 9.17) is 5.14 Å². The number of nitrogens with two attached hydrogens (primary N) is 1. The Morgan fingerprint density at radius 2 is 1.76 bits per heavy atom. The molecule has 0 aliphatic rings. The molecule has 1 aromatic heterocycles. The number of imidazole rings is 1. The molecule has 3 N–H and O–H groups in total. The first kappa shape index (κ1) is 18.9. The van der Waals surface area contributed by atoms with Crippen LogP contribution in [-0.2, 0) is 10.0 Å². The van der Waals surface area contributed by atoms with Gasteiger partial charge in [-0.1, -0.05) is 18.2 Å². The van der Waals surface area contributed by atoms with E-state index in [0.29, 0.717) is 11.3 Å². The molecule has 8 heteroatoms. The van der Waals surface area contributed by atoms with Gasteiger partial charge in [0, 0.05) is 16.9 Å². The molecule has 0 bridgehead atoms. The Balaban J connectivity index is 1.57. The first-order valence-electron chi connectivity index (χ1n) is 8.80. The van der Waals surface area contributed by atoms with Crippen LogP contribution in [0.3, 0.4) is 0 Å². The molecule has 29 heavy (non-hydrogen) atoms. The molecule has 0 unspecified atom stereocenters. The molecule has 7 nitrogen and oxygen atoms in total. The highest BCUT2D eigenvalue weighted by Crippen LogP contribution is 2.21. The van der Waals surface area contributed by atoms with E-state index in [-0.39, 0.29) is 10.5 Å². The lowest BCUT2D eigenvalue weighted by molar-refractivity contribution is 0.102. The molecule has 1 amide bonds. The van der Waals surface area contributed by atoms with Gasteiger partial charge in [0.1, 0.15) is 6.33 Å². The number of carbonyl (C=O) groups excluding carboxylic acids is 1. The number of aryl methyl sites for hydroxylation is 1. The summed E-state index contributed by atoms with van der Waals surface area (Å²) in [6.45, 7) is 1.62. The van der Waals surface area contributed by atoms with E-state index in [1.807, 2.05) is 41.0 Å². The summed E-state index contributed by atoms with van der Waals surface area (Å²) in [5.74, 6) is -0.421. The van der Waals surface area contributed by atoms with Crippen molar-refractivity contribution >= 4 is 32.7 Å². The Bertz CT molecular complexity index is 1330. The van der Waals surface area contributed by atoms with Gasteiger partial charge in [-0.25, -0.2) is 18.5 Å². The maximum Gasteiger partial charge on any atom is 0.255 e. The quantitative estimate of drug-likeness (QED) is 0.542. The van der Waals surface area contributed by atoms with Gasteiger partial charge in [-0.05, 0) is 61.0 Å². The van der Waals surface area contributed by atoms with E-state index in [1.165, 1.54) is 6.07 Å². The van der Waals surface area contributed by atoms with Gasteiger partial charge in [0.05, 0.1) is 15.9 Å². The van der Waals surface area contributed by atoms with E-state index in [2.05, 4.69) is 10.3 Å². The molecule has 4 rings (SSSR count). The number of carbonyl (C=O) groups is 1. The topological polar surface area (TPSA) is 107 Å². The van der Waals surface area contributed by atoms with E-state index >= 15 is 0 Å². The molecule has 146 valence electrons. The molecule has 0 saturated heterocycles. The van der Waals surface area contributed by atoms with Crippen molar-refractivity contribution in [2.45, 2.75) is 11.8 Å². The summed E-state index contributed by atoms with van der Waals surface area (Å²) in [6, 6.07) is 19.5. The zero-order valence-corrected chi connectivity index (χ0v) is 16.3. The van der Waals surface area contributed by atoms with Crippen LogP contribution >= 0.6 is 0 Å². The summed E-state index contributed by atoms with van der Waals surface area (Å²) >= 11 is 0. The Labute approximate surface area is 167 Å². The molecule has 0 aliphatic heterocycles. The number of primary sulfonamides is 1. The van der Waals surface area contributed by atoms with Crippen LogP contribution in [0.15, 0.2) is 78.0 Å². The second kappa shape index (κ2) is 7.16. The summed E-state index contributed by atoms with van der Waals surface area (Å²) in [4.78, 5) is 16.8. The molecular weight excluding hydrogens is 388 g/mol. The van der Waals surface area contributed by atoms with Crippen LogP contribution in [0, 0.1) is 6.92 Å². The summed E-state index contributed by atoms with van der Waals surface area (Å²) in [7, 11) is -3.90. The molecule has 0 saturated carbocycles. The Morgan fingerprint density at radius 3 is 2.48 bits per heavy atom. The van der Waals surface area contributed by atoms with Crippen molar-refractivity contribution in [3.05, 3.63) is 84.2 Å². The minimum atomic E-state index is -3.90. The summed E-state index contributed by atoms with van der Waals surface area (Å²) < 4.78 is 25.3. The zero-order chi connectivity index (χ0) is 20.6. The fraction of sp³-hybridized carbons (Fsp3) is 0.0476. The highest BCUT2D eigenvalue weighted by molar-refractivity contribution is 7.89. The van der Waals surface area contributed by atoms with Gasteiger partial charge in [-0.3, -0.25) is 9.36 Å². The Kier molecular flexibility index (Phi) is 4.65. The number of nitrogens with one attached hydrogen (secondary N) is 1. The van der Waals surface area contributed by atoms with Crippen molar-refractivity contribution in [1.29, 1.82) is 0 Å². The number of benzene rings is 3. The van der Waals surface area contributed by atoms with Crippen molar-refractivity contribution in [2.24, 2.45) is 5.14 Å². The SMILES string of the molecule is Cc1ccc(C(=O)Nc2ccc(-n3cnc4ccccc43)cc2)cc1S(N)(=O)=O. The summed E-state index contributed by atoms with van der Waals surface area (Å²) in [5, 5.41) is 7.98. The molecule has 4 aromatic rings. The molecule has 0 fully saturated rings. The number of anilines is 1. The molecule has 3 aromatic carbocycles. The van der Waals surface area contributed by atoms with E-state index in [1.54, 1.807) is 37.5 Å². The molecule has 1 heterocycles. The maximum atomic E-state index is 12.5. The third-order valence-electron chi connectivity index (χ3n) is 4.61. The van der Waals surface area contributed by atoms with Gasteiger partial charge in [-0.2, -0.15) is 0 Å². The number of para-hydroxylation sites is 2. The average molecular weight is 406 g/mol. The number of fused-ring (bicyclic) bond motifs is 1. The van der Waals surface area contributed by atoms with Crippen molar-refractivity contribution < 1.29 is 13.2 Å². The van der Waals surface area contributed by atoms with E-state index in [9.17, 15) is 13.2 Å². The predicted molar refractivity (Wildman–Crippen MR) is 112 cm³/mol. The standard InChI is InChI=1S/C21H18N4O3S/c1-14-6-7-15(12-20(14)29(22,27)28)21(26)24-16-8-10-17(11-9-16)25-13-23-18-4-2-3-5-19(18)25/h2-13H,1H3,(H,24,26)(H2,22,27,28). The van der Waals surface area contributed by atoms with Gasteiger partial charge in [0.2, 0.25) is 10.0 Å². The largest absolute Gasteiger partial charge is 0.322 e. The second-order valence-electron chi connectivity index (χ2n) is 6.63. The number of rotatable bonds is 4. The van der Waals surface area contributed by atoms with Crippen LogP contribution in [0.2, 0.25) is 0 Å². The molecule has 0 spiro atoms. The smallest absolute Gasteiger partial charge is 0.255 e. The molecular formula is C21H18N4O3S. The Morgan fingerprint density at radius 1 is 1.03 bits per heavy atom. The van der Waals surface area contributed by atoms with Crippen molar-refractivity contribution in [1.82, 2.24) is 9.55 Å². The van der Waals surface area contributed by atoms with Crippen LogP contribution in [0.5, 0.6) is 0 Å². The third kappa shape index (κ3) is 3.75. The fourth-order valence-corrected chi connectivity index (χ4v) is 3.93. The predicted octanol–water partition coefficient (Wildman–Crippen LogP) is 3.23. The first-order chi connectivity index (χ1) is 13.8. The molecule has 0 atom stereocenters. The minimum absolute atomic E-state index is 0.0625. The van der Waals surface area contributed by atoms with Gasteiger partial charge < -0.3 is 5.32 Å². The van der Waals surface area contributed by atoms with Gasteiger partial charge in [0.15, 0.2) is 0 Å². The van der Waals surface area contributed by atoms with Crippen LogP contribution in [-0.4, -0.2) is 23.9 Å². The number of sulfonamides is 1. The van der Waals surface area contributed by atoms with E-state index < -0.39 is 15.9 Å². The van der Waals surface area contributed by atoms with E-state index in [0.717, 1.165) is 16.7 Å². The zero-order valence-electron chi connectivity index (χ0n) is 15.5. The lowest BCUT2D eigenvalue weighted by Gasteiger charge is -2.10. The van der Waals surface area contributed by atoms with Crippen LogP contribution in [0.1, 0.15) is 15.9 Å². The van der Waals surface area contributed by atoms with Gasteiger partial charge in [-0.15, -0.1) is 0 Å². The molecule has 0 radical (unpaired) electrons. The average Bonchev–Trinajstić information content (AvgIpc) is 3.12. The maximum absolute atomic E-state index is 12.5. The Hall–Kier alpha value is -3.49. The normalized spacial score (nSPS) is 11.5. The van der Waals surface area contributed by atoms with Crippen molar-refractivity contribution in [3.63, 3.8) is 0 Å². The lowest BCUT2D eigenvalue weighted by atomic mass is 10.1. The second-order valence-corrected chi connectivity index (χ2v) is 8.16. The van der Waals surface area contributed by atoms with Gasteiger partial charge >= 0.3 is 0 Å². The monoisotopic (exact) mass is 406 g/mol. The molecule has 0 aliphatic carbocycles. The third-order valence-corrected chi connectivity index (χ3v) is 5.67. The number of aromatic nitrogens is 2. The summed E-state index contributed by atoms with van der Waals surface area (Å²) in [5.41, 5.74) is 4.07. The first-order valence-corrected chi connectivity index (χ1v) is 10.3. The van der Waals surface area contributed by atoms with Crippen LogP contribution < -0.4 is 10.5 Å². The highest BCUT2D eigenvalue weighted by atomic mass is 32.2. The number of hydrogen-bond donors (Lipinski definition) is 2. The highest BCUT2D eigenvalue weighted by Gasteiger charge is 2.15. The lowest BCUT2D eigenvalue weighted by Crippen LogP contribution is -2.17. The van der Waals surface area contributed by atoms with Crippen LogP contribution in [0.25, 0.3) is 16.7 Å². The van der Waals surface area contributed by atoms with Crippen LogP contribution in [0.4, 0.5) is 5.69 Å². The fourth-order valence-electron chi connectivity index (χ4n) is 3.12. The number of hydrogen-bond acceptors (Lipinski definition) is 4. The summed E-state index contributed by atoms with van der Waals surface area (Å²) in [6.07, 6.45) is 1.75. The minimum Gasteiger partial charge on any atom is -0.322 e. The number of nitrogens with zero attached hydrogens (tertiary/aromatic N) is 2. The van der Waals surface area contributed by atoms with Gasteiger partial charge in [0.25, 0.3) is 5.91 Å². The number of amides is 1. The van der Waals surface area contributed by atoms with Crippen molar-refractivity contribution in [2.75, 3.05) is 5.32 Å².